The van der Waals surface area contributed by atoms with E-state index < -0.39 is 4.92 Å². The Morgan fingerprint density at radius 2 is 2.43 bits per heavy atom. The Bertz CT molecular complexity index is 350. The first-order chi connectivity index (χ1) is 6.59. The lowest BCUT2D eigenvalue weighted by molar-refractivity contribution is -0.385. The normalized spacial score (nSPS) is 9.50. The van der Waals surface area contributed by atoms with E-state index in [1.54, 1.807) is 0 Å². The molecule has 0 radical (unpaired) electrons. The topological polar surface area (TPSA) is 68.1 Å². The summed E-state index contributed by atoms with van der Waals surface area (Å²) in [6.45, 7) is 3.86. The van der Waals surface area contributed by atoms with Gasteiger partial charge < -0.3 is 5.32 Å². The maximum atomic E-state index is 10.3. The largest absolute Gasteiger partial charge is 0.365 e. The molecule has 74 valence electrons. The van der Waals surface area contributed by atoms with Gasteiger partial charge in [0, 0.05) is 11.1 Å². The minimum Gasteiger partial charge on any atom is -0.365 e. The van der Waals surface area contributed by atoms with Crippen LogP contribution in [0.5, 0.6) is 0 Å². The van der Waals surface area contributed by atoms with Gasteiger partial charge in [0.2, 0.25) is 0 Å². The molecule has 0 bridgehead atoms. The molecule has 1 heterocycles. The van der Waals surface area contributed by atoms with Crippen molar-refractivity contribution in [3.05, 3.63) is 40.1 Å². The summed E-state index contributed by atoms with van der Waals surface area (Å²) in [5.74, 6) is 0.525. The van der Waals surface area contributed by atoms with Gasteiger partial charge in [0.25, 0.3) is 5.69 Å². The molecule has 0 saturated carbocycles. The maximum absolute atomic E-state index is 10.3. The number of anilines is 1. The van der Waals surface area contributed by atoms with Crippen LogP contribution in [0.3, 0.4) is 0 Å². The zero-order chi connectivity index (χ0) is 10.6. The van der Waals surface area contributed by atoms with Crippen LogP contribution in [0.25, 0.3) is 0 Å². The van der Waals surface area contributed by atoms with Crippen LogP contribution >= 0.6 is 11.6 Å². The van der Waals surface area contributed by atoms with Gasteiger partial charge >= 0.3 is 0 Å². The smallest absolute Gasteiger partial charge is 0.287 e. The minimum atomic E-state index is -0.503. The lowest BCUT2D eigenvalue weighted by Crippen LogP contribution is -2.02. The second kappa shape index (κ2) is 4.57. The van der Waals surface area contributed by atoms with Crippen molar-refractivity contribution < 1.29 is 4.92 Å². The average Bonchev–Trinajstić information content (AvgIpc) is 2.15. The molecule has 0 saturated heterocycles. The third-order valence-electron chi connectivity index (χ3n) is 1.42. The van der Waals surface area contributed by atoms with E-state index >= 15 is 0 Å². The fourth-order valence-corrected chi connectivity index (χ4v) is 0.852. The van der Waals surface area contributed by atoms with Crippen LogP contribution in [0.15, 0.2) is 29.9 Å². The fraction of sp³-hybridized carbons (Fsp3) is 0.125. The summed E-state index contributed by atoms with van der Waals surface area (Å²) in [4.78, 5) is 13.6. The molecule has 1 aromatic rings. The average molecular weight is 214 g/mol. The second-order valence-corrected chi connectivity index (χ2v) is 3.06. The Morgan fingerprint density at radius 1 is 1.71 bits per heavy atom. The van der Waals surface area contributed by atoms with Crippen LogP contribution in [-0.2, 0) is 0 Å². The van der Waals surface area contributed by atoms with Crippen molar-refractivity contribution in [3.8, 4) is 0 Å². The van der Waals surface area contributed by atoms with Crippen LogP contribution in [0.1, 0.15) is 0 Å². The van der Waals surface area contributed by atoms with Crippen molar-refractivity contribution in [2.45, 2.75) is 0 Å². The first-order valence-electron chi connectivity index (χ1n) is 3.77. The molecule has 0 fully saturated rings. The highest BCUT2D eigenvalue weighted by Crippen LogP contribution is 2.12. The van der Waals surface area contributed by atoms with Crippen LogP contribution in [0.4, 0.5) is 11.5 Å². The molecule has 0 spiro atoms. The molecule has 6 heteroatoms. The van der Waals surface area contributed by atoms with Gasteiger partial charge in [-0.05, 0) is 6.07 Å². The summed E-state index contributed by atoms with van der Waals surface area (Å²) in [7, 11) is 0. The monoisotopic (exact) mass is 213 g/mol. The Hall–Kier alpha value is -1.62. The predicted octanol–water partition coefficient (Wildman–Crippen LogP) is 2.15. The molecule has 5 nitrogen and oxygen atoms in total. The van der Waals surface area contributed by atoms with Crippen molar-refractivity contribution in [1.82, 2.24) is 4.98 Å². The van der Waals surface area contributed by atoms with Crippen LogP contribution in [-0.4, -0.2) is 16.5 Å². The Kier molecular flexibility index (Phi) is 3.41. The number of hydrogen-bond donors (Lipinski definition) is 1. The van der Waals surface area contributed by atoms with Crippen molar-refractivity contribution in [3.63, 3.8) is 0 Å². The predicted molar refractivity (Wildman–Crippen MR) is 54.4 cm³/mol. The fourth-order valence-electron chi connectivity index (χ4n) is 0.785. The minimum absolute atomic E-state index is 0.0414. The number of nitro groups is 1. The molecule has 0 unspecified atom stereocenters. The van der Waals surface area contributed by atoms with Crippen molar-refractivity contribution in [2.75, 3.05) is 11.9 Å². The number of halogens is 1. The van der Waals surface area contributed by atoms with Gasteiger partial charge in [0.05, 0.1) is 11.5 Å². The molecule has 14 heavy (non-hydrogen) atoms. The van der Waals surface area contributed by atoms with E-state index in [0.29, 0.717) is 17.4 Å². The first-order valence-corrected chi connectivity index (χ1v) is 4.15. The van der Waals surface area contributed by atoms with Crippen LogP contribution in [0.2, 0.25) is 0 Å². The molecule has 1 N–H and O–H groups in total. The van der Waals surface area contributed by atoms with E-state index in [1.165, 1.54) is 18.3 Å². The van der Waals surface area contributed by atoms with Crippen molar-refractivity contribution >= 4 is 23.1 Å². The standard InChI is InChI=1S/C8H8ClN3O2/c1-6(9)4-10-8-3-2-7(5-11-8)12(13)14/h2-3,5H,1,4H2,(H,10,11). The number of nitrogens with zero attached hydrogens (tertiary/aromatic N) is 2. The number of nitrogens with one attached hydrogen (secondary N) is 1. The van der Waals surface area contributed by atoms with Gasteiger partial charge in [0.1, 0.15) is 12.0 Å². The first kappa shape index (κ1) is 10.5. The zero-order valence-corrected chi connectivity index (χ0v) is 7.99. The molecular formula is C8H8ClN3O2. The van der Waals surface area contributed by atoms with Gasteiger partial charge in [-0.25, -0.2) is 4.98 Å². The molecule has 0 aromatic carbocycles. The van der Waals surface area contributed by atoms with Crippen molar-refractivity contribution in [2.24, 2.45) is 0 Å². The van der Waals surface area contributed by atoms with Gasteiger partial charge in [-0.15, -0.1) is 0 Å². The summed E-state index contributed by atoms with van der Waals surface area (Å²) in [6.07, 6.45) is 1.18. The van der Waals surface area contributed by atoms with Gasteiger partial charge in [0.15, 0.2) is 0 Å². The van der Waals surface area contributed by atoms with E-state index in [-0.39, 0.29) is 5.69 Å². The third-order valence-corrected chi connectivity index (χ3v) is 1.55. The summed E-state index contributed by atoms with van der Waals surface area (Å²) in [5.41, 5.74) is -0.0414. The van der Waals surface area contributed by atoms with Gasteiger partial charge in [-0.1, -0.05) is 18.2 Å². The molecular weight excluding hydrogens is 206 g/mol. The number of rotatable bonds is 4. The van der Waals surface area contributed by atoms with Crippen LogP contribution in [0, 0.1) is 10.1 Å². The highest BCUT2D eigenvalue weighted by atomic mass is 35.5. The quantitative estimate of drug-likeness (QED) is 0.615. The zero-order valence-electron chi connectivity index (χ0n) is 7.24. The molecule has 0 amide bonds. The highest BCUT2D eigenvalue weighted by Gasteiger charge is 2.04. The summed E-state index contributed by atoms with van der Waals surface area (Å²) < 4.78 is 0. The van der Waals surface area contributed by atoms with Gasteiger partial charge in [-0.3, -0.25) is 10.1 Å². The number of aromatic nitrogens is 1. The maximum Gasteiger partial charge on any atom is 0.287 e. The van der Waals surface area contributed by atoms with E-state index in [9.17, 15) is 10.1 Å². The molecule has 0 atom stereocenters. The number of pyridine rings is 1. The molecule has 0 aliphatic heterocycles. The molecule has 0 aliphatic carbocycles. The van der Waals surface area contributed by atoms with E-state index in [2.05, 4.69) is 16.9 Å². The third kappa shape index (κ3) is 3.02. The Labute approximate surface area is 85.6 Å². The summed E-state index contributed by atoms with van der Waals surface area (Å²) >= 11 is 5.52. The molecule has 0 aliphatic rings. The second-order valence-electron chi connectivity index (χ2n) is 2.53. The number of hydrogen-bond acceptors (Lipinski definition) is 4. The van der Waals surface area contributed by atoms with Gasteiger partial charge in [-0.2, -0.15) is 0 Å². The Morgan fingerprint density at radius 3 is 2.86 bits per heavy atom. The lowest BCUT2D eigenvalue weighted by atomic mass is 10.4. The van der Waals surface area contributed by atoms with E-state index in [0.717, 1.165) is 0 Å². The Balaban J connectivity index is 2.64. The lowest BCUT2D eigenvalue weighted by Gasteiger charge is -2.02. The van der Waals surface area contributed by atoms with E-state index in [1.807, 2.05) is 0 Å². The SMILES string of the molecule is C=C(Cl)CNc1ccc([N+](=O)[O-])cn1. The molecule has 1 aromatic heterocycles. The highest BCUT2D eigenvalue weighted by molar-refractivity contribution is 6.29. The summed E-state index contributed by atoms with van der Waals surface area (Å²) in [6, 6.07) is 2.88. The van der Waals surface area contributed by atoms with E-state index in [4.69, 9.17) is 11.6 Å². The van der Waals surface area contributed by atoms with Crippen LogP contribution < -0.4 is 5.32 Å². The molecule has 1 rings (SSSR count). The summed E-state index contributed by atoms with van der Waals surface area (Å²) in [5, 5.41) is 13.6. The van der Waals surface area contributed by atoms with Crippen molar-refractivity contribution in [1.29, 1.82) is 0 Å².